The lowest BCUT2D eigenvalue weighted by molar-refractivity contribution is 1.08. The summed E-state index contributed by atoms with van der Waals surface area (Å²) in [6, 6.07) is 8.31. The first kappa shape index (κ1) is 10.9. The summed E-state index contributed by atoms with van der Waals surface area (Å²) in [5.41, 5.74) is 3.48. The molecule has 0 fully saturated rings. The molecule has 0 atom stereocenters. The van der Waals surface area contributed by atoms with Crippen molar-refractivity contribution in [1.82, 2.24) is 9.97 Å². The van der Waals surface area contributed by atoms with E-state index in [9.17, 15) is 0 Å². The lowest BCUT2D eigenvalue weighted by Gasteiger charge is -1.93. The van der Waals surface area contributed by atoms with E-state index < -0.39 is 0 Å². The van der Waals surface area contributed by atoms with Crippen molar-refractivity contribution in [3.8, 4) is 10.6 Å². The number of fused-ring (bicyclic) bond motifs is 1. The molecule has 3 aromatic rings. The van der Waals surface area contributed by atoms with Crippen molar-refractivity contribution in [2.75, 3.05) is 5.75 Å². The SMILES string of the molecule is SCCc1csc(-c2c[nH]c3ccccc23)n1. The first-order valence-corrected chi connectivity index (χ1v) is 7.01. The summed E-state index contributed by atoms with van der Waals surface area (Å²) in [6.45, 7) is 0. The van der Waals surface area contributed by atoms with Crippen molar-refractivity contribution in [1.29, 1.82) is 0 Å². The highest BCUT2D eigenvalue weighted by Gasteiger charge is 2.09. The summed E-state index contributed by atoms with van der Waals surface area (Å²) in [4.78, 5) is 7.92. The Bertz CT molecular complexity index is 639. The summed E-state index contributed by atoms with van der Waals surface area (Å²) in [7, 11) is 0. The summed E-state index contributed by atoms with van der Waals surface area (Å²) in [6.07, 6.45) is 2.97. The van der Waals surface area contributed by atoms with Crippen molar-refractivity contribution < 1.29 is 0 Å². The normalized spacial score (nSPS) is 11.1. The van der Waals surface area contributed by atoms with Gasteiger partial charge in [-0.05, 0) is 18.2 Å². The Morgan fingerprint density at radius 1 is 1.29 bits per heavy atom. The van der Waals surface area contributed by atoms with E-state index in [0.29, 0.717) is 0 Å². The van der Waals surface area contributed by atoms with Gasteiger partial charge in [-0.15, -0.1) is 11.3 Å². The Hall–Kier alpha value is -1.26. The number of aryl methyl sites for hydroxylation is 1. The van der Waals surface area contributed by atoms with Crippen LogP contribution in [0.1, 0.15) is 5.69 Å². The summed E-state index contributed by atoms with van der Waals surface area (Å²) < 4.78 is 0. The van der Waals surface area contributed by atoms with Crippen LogP contribution in [0.5, 0.6) is 0 Å². The van der Waals surface area contributed by atoms with Gasteiger partial charge in [0.15, 0.2) is 0 Å². The highest BCUT2D eigenvalue weighted by Crippen LogP contribution is 2.30. The fourth-order valence-corrected chi connectivity index (χ4v) is 3.02. The second-order valence-corrected chi connectivity index (χ2v) is 5.17. The molecule has 0 aliphatic carbocycles. The molecule has 0 saturated heterocycles. The molecule has 86 valence electrons. The Balaban J connectivity index is 2.07. The van der Waals surface area contributed by atoms with Gasteiger partial charge in [0.05, 0.1) is 5.69 Å². The molecule has 0 aliphatic heterocycles. The van der Waals surface area contributed by atoms with Crippen LogP contribution in [0.4, 0.5) is 0 Å². The van der Waals surface area contributed by atoms with E-state index in [1.807, 2.05) is 12.3 Å². The predicted molar refractivity (Wildman–Crippen MR) is 77.0 cm³/mol. The van der Waals surface area contributed by atoms with Crippen LogP contribution in [0.15, 0.2) is 35.8 Å². The van der Waals surface area contributed by atoms with Gasteiger partial charge in [0.25, 0.3) is 0 Å². The fraction of sp³-hybridized carbons (Fsp3) is 0.154. The summed E-state index contributed by atoms with van der Waals surface area (Å²) >= 11 is 5.93. The number of para-hydroxylation sites is 1. The quantitative estimate of drug-likeness (QED) is 0.690. The Labute approximate surface area is 109 Å². The van der Waals surface area contributed by atoms with Gasteiger partial charge in [-0.1, -0.05) is 18.2 Å². The van der Waals surface area contributed by atoms with E-state index in [1.165, 1.54) is 10.9 Å². The van der Waals surface area contributed by atoms with Crippen LogP contribution in [0, 0.1) is 0 Å². The minimum Gasteiger partial charge on any atom is -0.360 e. The average molecular weight is 260 g/mol. The van der Waals surface area contributed by atoms with Gasteiger partial charge in [0, 0.05) is 28.0 Å². The number of benzene rings is 1. The Morgan fingerprint density at radius 3 is 3.06 bits per heavy atom. The zero-order chi connectivity index (χ0) is 11.7. The molecular formula is C13H12N2S2. The van der Waals surface area contributed by atoms with Gasteiger partial charge < -0.3 is 4.98 Å². The minimum atomic E-state index is 0.844. The molecule has 1 aromatic carbocycles. The van der Waals surface area contributed by atoms with Crippen LogP contribution in [-0.4, -0.2) is 15.7 Å². The number of thiol groups is 1. The second kappa shape index (κ2) is 4.55. The summed E-state index contributed by atoms with van der Waals surface area (Å²) in [5, 5.41) is 4.44. The molecule has 2 heterocycles. The van der Waals surface area contributed by atoms with E-state index in [-0.39, 0.29) is 0 Å². The van der Waals surface area contributed by atoms with E-state index in [2.05, 4.69) is 46.2 Å². The molecule has 2 nitrogen and oxygen atoms in total. The number of aromatic nitrogens is 2. The monoisotopic (exact) mass is 260 g/mol. The molecule has 0 bridgehead atoms. The molecule has 0 saturated carbocycles. The van der Waals surface area contributed by atoms with Crippen LogP contribution in [0.25, 0.3) is 21.5 Å². The molecule has 2 aromatic heterocycles. The van der Waals surface area contributed by atoms with E-state index in [1.54, 1.807) is 11.3 Å². The van der Waals surface area contributed by atoms with Crippen molar-refractivity contribution >= 4 is 34.9 Å². The third-order valence-electron chi connectivity index (χ3n) is 2.74. The topological polar surface area (TPSA) is 28.7 Å². The third-order valence-corrected chi connectivity index (χ3v) is 3.89. The number of nitrogens with zero attached hydrogens (tertiary/aromatic N) is 1. The molecule has 17 heavy (non-hydrogen) atoms. The molecule has 0 radical (unpaired) electrons. The van der Waals surface area contributed by atoms with Gasteiger partial charge in [0.2, 0.25) is 0 Å². The van der Waals surface area contributed by atoms with E-state index in [0.717, 1.165) is 28.4 Å². The van der Waals surface area contributed by atoms with Gasteiger partial charge in [-0.25, -0.2) is 4.98 Å². The molecule has 0 unspecified atom stereocenters. The average Bonchev–Trinajstić information content (AvgIpc) is 2.95. The molecule has 0 amide bonds. The maximum Gasteiger partial charge on any atom is 0.125 e. The van der Waals surface area contributed by atoms with Crippen molar-refractivity contribution in [2.24, 2.45) is 0 Å². The molecule has 0 aliphatic rings. The van der Waals surface area contributed by atoms with Crippen LogP contribution >= 0.6 is 24.0 Å². The van der Waals surface area contributed by atoms with E-state index in [4.69, 9.17) is 0 Å². The zero-order valence-electron chi connectivity index (χ0n) is 9.18. The largest absolute Gasteiger partial charge is 0.360 e. The molecule has 4 heteroatoms. The van der Waals surface area contributed by atoms with Crippen LogP contribution in [-0.2, 0) is 6.42 Å². The Kier molecular flexibility index (Phi) is 2.91. The van der Waals surface area contributed by atoms with Crippen LogP contribution in [0.2, 0.25) is 0 Å². The second-order valence-electron chi connectivity index (χ2n) is 3.87. The number of aromatic amines is 1. The number of rotatable bonds is 3. The first-order valence-electron chi connectivity index (χ1n) is 5.50. The highest BCUT2D eigenvalue weighted by atomic mass is 32.1. The van der Waals surface area contributed by atoms with Gasteiger partial charge in [0.1, 0.15) is 5.01 Å². The Morgan fingerprint density at radius 2 is 2.18 bits per heavy atom. The number of hydrogen-bond acceptors (Lipinski definition) is 3. The van der Waals surface area contributed by atoms with Crippen LogP contribution in [0.3, 0.4) is 0 Å². The predicted octanol–water partition coefficient (Wildman–Crippen LogP) is 3.76. The minimum absolute atomic E-state index is 0.844. The standard InChI is InChI=1S/C13H12N2S2/c16-6-5-9-8-17-13(15-9)11-7-14-12-4-2-1-3-10(11)12/h1-4,7-8,14,16H,5-6H2. The van der Waals surface area contributed by atoms with Crippen LogP contribution < -0.4 is 0 Å². The lowest BCUT2D eigenvalue weighted by atomic mass is 10.2. The molecule has 0 spiro atoms. The van der Waals surface area contributed by atoms with Crippen molar-refractivity contribution in [3.05, 3.63) is 41.5 Å². The maximum absolute atomic E-state index is 4.64. The number of hydrogen-bond donors (Lipinski definition) is 2. The zero-order valence-corrected chi connectivity index (χ0v) is 10.9. The maximum atomic E-state index is 4.64. The number of nitrogens with one attached hydrogen (secondary N) is 1. The number of H-pyrrole nitrogens is 1. The van der Waals surface area contributed by atoms with Crippen molar-refractivity contribution in [3.63, 3.8) is 0 Å². The molecular weight excluding hydrogens is 248 g/mol. The van der Waals surface area contributed by atoms with Crippen molar-refractivity contribution in [2.45, 2.75) is 6.42 Å². The van der Waals surface area contributed by atoms with Gasteiger partial charge >= 0.3 is 0 Å². The number of thiazole rings is 1. The lowest BCUT2D eigenvalue weighted by Crippen LogP contribution is -1.85. The first-order chi connectivity index (χ1) is 8.38. The smallest absolute Gasteiger partial charge is 0.125 e. The molecule has 3 rings (SSSR count). The summed E-state index contributed by atoms with van der Waals surface area (Å²) in [5.74, 6) is 0.844. The molecule has 1 N–H and O–H groups in total. The van der Waals surface area contributed by atoms with Gasteiger partial charge in [-0.2, -0.15) is 12.6 Å². The fourth-order valence-electron chi connectivity index (χ4n) is 1.91. The highest BCUT2D eigenvalue weighted by molar-refractivity contribution is 7.80. The van der Waals surface area contributed by atoms with Gasteiger partial charge in [-0.3, -0.25) is 0 Å². The van der Waals surface area contributed by atoms with E-state index >= 15 is 0 Å². The third kappa shape index (κ3) is 1.98.